The van der Waals surface area contributed by atoms with Gasteiger partial charge in [-0.05, 0) is 13.3 Å². The maximum absolute atomic E-state index is 5.52. The fraction of sp³-hybridized carbons (Fsp3) is 0.667. The molecule has 2 heterocycles. The molecule has 0 aromatic carbocycles. The zero-order valence-electron chi connectivity index (χ0n) is 10.2. The third kappa shape index (κ3) is 1.95. The van der Waals surface area contributed by atoms with E-state index in [1.165, 1.54) is 11.3 Å². The number of methoxy groups -OCH3 is 1. The minimum atomic E-state index is -0.361. The van der Waals surface area contributed by atoms with Crippen LogP contribution in [0.3, 0.4) is 0 Å². The van der Waals surface area contributed by atoms with Crippen LogP contribution >= 0.6 is 0 Å². The fourth-order valence-corrected chi connectivity index (χ4v) is 1.88. The largest absolute Gasteiger partial charge is 0.371 e. The van der Waals surface area contributed by atoms with E-state index in [0.717, 1.165) is 31.8 Å². The van der Waals surface area contributed by atoms with E-state index in [-0.39, 0.29) is 5.60 Å². The van der Waals surface area contributed by atoms with Crippen molar-refractivity contribution >= 4 is 0 Å². The summed E-state index contributed by atoms with van der Waals surface area (Å²) in [6.45, 7) is 6.01. The van der Waals surface area contributed by atoms with Crippen molar-refractivity contribution in [3.05, 3.63) is 23.3 Å². The summed E-state index contributed by atoms with van der Waals surface area (Å²) in [4.78, 5) is 9.08. The number of ether oxygens (including phenoxy) is 1. The molecule has 0 amide bonds. The zero-order valence-corrected chi connectivity index (χ0v) is 10.2. The van der Waals surface area contributed by atoms with E-state index in [1.807, 2.05) is 13.1 Å². The van der Waals surface area contributed by atoms with Gasteiger partial charge in [-0.3, -0.25) is 0 Å². The predicted octanol–water partition coefficient (Wildman–Crippen LogP) is 1.39. The molecule has 0 radical (unpaired) electrons. The molecular weight excluding hydrogens is 202 g/mol. The van der Waals surface area contributed by atoms with Crippen molar-refractivity contribution in [2.24, 2.45) is 0 Å². The van der Waals surface area contributed by atoms with E-state index in [4.69, 9.17) is 4.74 Å². The topological polar surface area (TPSA) is 47.0 Å². The van der Waals surface area contributed by atoms with Crippen molar-refractivity contribution in [2.75, 3.05) is 13.7 Å². The second kappa shape index (κ2) is 4.47. The first kappa shape index (κ1) is 11.5. The Kier molecular flexibility index (Phi) is 3.21. The second-order valence-corrected chi connectivity index (χ2v) is 4.38. The fourth-order valence-electron chi connectivity index (χ4n) is 1.88. The van der Waals surface area contributed by atoms with Crippen LogP contribution in [0.4, 0.5) is 0 Å². The highest BCUT2D eigenvalue weighted by Gasteiger charge is 2.28. The molecule has 1 N–H and O–H groups in total. The van der Waals surface area contributed by atoms with E-state index in [1.54, 1.807) is 7.11 Å². The number of aromatic nitrogens is 2. The van der Waals surface area contributed by atoms with Gasteiger partial charge in [0.2, 0.25) is 0 Å². The minimum Gasteiger partial charge on any atom is -0.371 e. The van der Waals surface area contributed by atoms with Gasteiger partial charge in [-0.1, -0.05) is 6.92 Å². The lowest BCUT2D eigenvalue weighted by atomic mass is 10.0. The van der Waals surface area contributed by atoms with Crippen molar-refractivity contribution in [3.8, 4) is 0 Å². The van der Waals surface area contributed by atoms with Crippen LogP contribution < -0.4 is 5.32 Å². The van der Waals surface area contributed by atoms with Gasteiger partial charge >= 0.3 is 0 Å². The molecule has 0 fully saturated rings. The third-order valence-electron chi connectivity index (χ3n) is 3.41. The third-order valence-corrected chi connectivity index (χ3v) is 3.41. The quantitative estimate of drug-likeness (QED) is 0.838. The number of fused-ring (bicyclic) bond motifs is 1. The van der Waals surface area contributed by atoms with Crippen LogP contribution in [0.25, 0.3) is 0 Å². The summed E-state index contributed by atoms with van der Waals surface area (Å²) in [7, 11) is 1.72. The van der Waals surface area contributed by atoms with Crippen molar-refractivity contribution in [1.29, 1.82) is 0 Å². The predicted molar refractivity (Wildman–Crippen MR) is 62.1 cm³/mol. The van der Waals surface area contributed by atoms with E-state index < -0.39 is 0 Å². The molecule has 4 heteroatoms. The number of nitrogens with zero attached hydrogens (tertiary/aromatic N) is 2. The molecule has 1 atom stereocenters. The smallest absolute Gasteiger partial charge is 0.160 e. The lowest BCUT2D eigenvalue weighted by molar-refractivity contribution is -0.00923. The van der Waals surface area contributed by atoms with Gasteiger partial charge in [0, 0.05) is 44.1 Å². The Labute approximate surface area is 96.4 Å². The highest BCUT2D eigenvalue weighted by atomic mass is 16.5. The van der Waals surface area contributed by atoms with Crippen LogP contribution in [0.5, 0.6) is 0 Å². The molecule has 88 valence electrons. The van der Waals surface area contributed by atoms with Crippen LogP contribution in [0.2, 0.25) is 0 Å². The Hall–Kier alpha value is -1.00. The molecule has 0 saturated heterocycles. The number of hydrogen-bond donors (Lipinski definition) is 1. The molecule has 0 bridgehead atoms. The van der Waals surface area contributed by atoms with Crippen LogP contribution in [0.1, 0.15) is 37.4 Å². The van der Waals surface area contributed by atoms with E-state index in [0.29, 0.717) is 0 Å². The first-order chi connectivity index (χ1) is 7.69. The molecule has 0 saturated carbocycles. The van der Waals surface area contributed by atoms with E-state index in [9.17, 15) is 0 Å². The standard InChI is InChI=1S/C12H19N3O/c1-4-12(2,16-3)11-14-8-9-7-13-6-5-10(9)15-11/h8,13H,4-7H2,1-3H3. The molecule has 1 aliphatic heterocycles. The monoisotopic (exact) mass is 221 g/mol. The summed E-state index contributed by atoms with van der Waals surface area (Å²) in [6.07, 6.45) is 3.78. The summed E-state index contributed by atoms with van der Waals surface area (Å²) in [5.41, 5.74) is 2.02. The van der Waals surface area contributed by atoms with Crippen molar-refractivity contribution in [3.63, 3.8) is 0 Å². The summed E-state index contributed by atoms with van der Waals surface area (Å²) in [5.74, 6) is 0.804. The van der Waals surface area contributed by atoms with Gasteiger partial charge in [-0.25, -0.2) is 9.97 Å². The first-order valence-corrected chi connectivity index (χ1v) is 5.80. The molecule has 0 aliphatic carbocycles. The van der Waals surface area contributed by atoms with Crippen LogP contribution in [-0.2, 0) is 23.3 Å². The SMILES string of the molecule is CCC(C)(OC)c1ncc2c(n1)CCNC2. The average Bonchev–Trinajstić information content (AvgIpc) is 2.37. The lowest BCUT2D eigenvalue weighted by Gasteiger charge is -2.26. The number of nitrogens with one attached hydrogen (secondary N) is 1. The van der Waals surface area contributed by atoms with E-state index >= 15 is 0 Å². The Balaban J connectivity index is 2.36. The maximum Gasteiger partial charge on any atom is 0.160 e. The normalized spacial score (nSPS) is 18.9. The maximum atomic E-state index is 5.52. The van der Waals surface area contributed by atoms with Gasteiger partial charge in [-0.15, -0.1) is 0 Å². The first-order valence-electron chi connectivity index (χ1n) is 5.80. The summed E-state index contributed by atoms with van der Waals surface area (Å²) in [5, 5.41) is 3.32. The minimum absolute atomic E-state index is 0.361. The summed E-state index contributed by atoms with van der Waals surface area (Å²) < 4.78 is 5.52. The van der Waals surface area contributed by atoms with Crippen molar-refractivity contribution < 1.29 is 4.74 Å². The molecule has 2 rings (SSSR count). The molecule has 16 heavy (non-hydrogen) atoms. The molecule has 1 aromatic rings. The summed E-state index contributed by atoms with van der Waals surface area (Å²) in [6, 6.07) is 0. The van der Waals surface area contributed by atoms with Crippen LogP contribution in [0, 0.1) is 0 Å². The average molecular weight is 221 g/mol. The van der Waals surface area contributed by atoms with E-state index in [2.05, 4.69) is 22.2 Å². The number of hydrogen-bond acceptors (Lipinski definition) is 4. The summed E-state index contributed by atoms with van der Waals surface area (Å²) >= 11 is 0. The van der Waals surface area contributed by atoms with Crippen LogP contribution in [0.15, 0.2) is 6.20 Å². The second-order valence-electron chi connectivity index (χ2n) is 4.38. The molecule has 4 nitrogen and oxygen atoms in total. The number of rotatable bonds is 3. The molecule has 1 unspecified atom stereocenters. The molecular formula is C12H19N3O. The molecule has 1 aromatic heterocycles. The van der Waals surface area contributed by atoms with Crippen molar-refractivity contribution in [2.45, 2.75) is 38.8 Å². The van der Waals surface area contributed by atoms with Gasteiger partial charge in [0.05, 0.1) is 0 Å². The van der Waals surface area contributed by atoms with Gasteiger partial charge in [-0.2, -0.15) is 0 Å². The van der Waals surface area contributed by atoms with Gasteiger partial charge in [0.15, 0.2) is 5.82 Å². The highest BCUT2D eigenvalue weighted by molar-refractivity contribution is 5.21. The Morgan fingerprint density at radius 3 is 3.06 bits per heavy atom. The molecule has 1 aliphatic rings. The lowest BCUT2D eigenvalue weighted by Crippen LogP contribution is -2.30. The Morgan fingerprint density at radius 1 is 1.56 bits per heavy atom. The van der Waals surface area contributed by atoms with Crippen molar-refractivity contribution in [1.82, 2.24) is 15.3 Å². The van der Waals surface area contributed by atoms with Gasteiger partial charge < -0.3 is 10.1 Å². The molecule has 0 spiro atoms. The van der Waals surface area contributed by atoms with Gasteiger partial charge in [0.25, 0.3) is 0 Å². The van der Waals surface area contributed by atoms with Crippen LogP contribution in [-0.4, -0.2) is 23.6 Å². The highest BCUT2D eigenvalue weighted by Crippen LogP contribution is 2.25. The van der Waals surface area contributed by atoms with Gasteiger partial charge in [0.1, 0.15) is 5.60 Å². The Morgan fingerprint density at radius 2 is 2.38 bits per heavy atom. The zero-order chi connectivity index (χ0) is 11.6. The Bertz CT molecular complexity index is 375.